The van der Waals surface area contributed by atoms with Gasteiger partial charge >= 0.3 is 5.97 Å². The monoisotopic (exact) mass is 363 g/mol. The fourth-order valence-corrected chi connectivity index (χ4v) is 2.60. The van der Waals surface area contributed by atoms with Crippen LogP contribution in [0.4, 0.5) is 8.78 Å². The van der Waals surface area contributed by atoms with Gasteiger partial charge in [-0.15, -0.1) is 0 Å². The number of aliphatic imine (C=N–C) groups is 1. The van der Waals surface area contributed by atoms with Crippen LogP contribution in [0.25, 0.3) is 6.08 Å². The number of carbonyl (C=O) groups excluding carboxylic acids is 1. The normalized spacial score (nSPS) is 17.0. The number of rotatable bonds is 2. The third-order valence-corrected chi connectivity index (χ3v) is 3.87. The van der Waals surface area contributed by atoms with E-state index in [4.69, 9.17) is 25.8 Å². The van der Waals surface area contributed by atoms with Crippen molar-refractivity contribution in [3.8, 4) is 11.5 Å². The quantitative estimate of drug-likeness (QED) is 0.464. The first kappa shape index (κ1) is 15.6. The predicted octanol–water partition coefficient (Wildman–Crippen LogP) is 3.69. The van der Waals surface area contributed by atoms with Crippen LogP contribution < -0.4 is 9.47 Å². The third-order valence-electron chi connectivity index (χ3n) is 3.56. The van der Waals surface area contributed by atoms with Crippen molar-refractivity contribution in [1.82, 2.24) is 0 Å². The van der Waals surface area contributed by atoms with Crippen LogP contribution >= 0.6 is 11.6 Å². The number of ether oxygens (including phenoxy) is 3. The Labute approximate surface area is 145 Å². The molecule has 0 unspecified atom stereocenters. The summed E-state index contributed by atoms with van der Waals surface area (Å²) in [6.07, 6.45) is 1.48. The molecule has 0 N–H and O–H groups in total. The average Bonchev–Trinajstić information content (AvgIpc) is 3.17. The number of esters is 1. The Hall–Kier alpha value is -2.93. The van der Waals surface area contributed by atoms with Gasteiger partial charge in [0.25, 0.3) is 0 Å². The Morgan fingerprint density at radius 2 is 1.84 bits per heavy atom. The summed E-state index contributed by atoms with van der Waals surface area (Å²) in [6, 6.07) is 6.72. The highest BCUT2D eigenvalue weighted by Crippen LogP contribution is 2.33. The van der Waals surface area contributed by atoms with Crippen molar-refractivity contribution in [3.63, 3.8) is 0 Å². The number of carbonyl (C=O) groups is 1. The number of fused-ring (bicyclic) bond motifs is 1. The zero-order valence-electron chi connectivity index (χ0n) is 12.4. The lowest BCUT2D eigenvalue weighted by Crippen LogP contribution is -2.07. The Morgan fingerprint density at radius 1 is 1.08 bits per heavy atom. The summed E-state index contributed by atoms with van der Waals surface area (Å²) in [5.74, 6) is -1.99. The summed E-state index contributed by atoms with van der Waals surface area (Å²) in [4.78, 5) is 16.0. The van der Waals surface area contributed by atoms with E-state index < -0.39 is 17.6 Å². The molecule has 8 heteroatoms. The molecule has 0 saturated heterocycles. The number of cyclic esters (lactones) is 1. The molecule has 0 spiro atoms. The maximum Gasteiger partial charge on any atom is 0.363 e. The number of hydrogen-bond donors (Lipinski definition) is 0. The molecule has 126 valence electrons. The molecule has 0 aliphatic carbocycles. The van der Waals surface area contributed by atoms with E-state index in [9.17, 15) is 13.6 Å². The first-order chi connectivity index (χ1) is 12.0. The first-order valence-corrected chi connectivity index (χ1v) is 7.46. The van der Waals surface area contributed by atoms with E-state index in [1.165, 1.54) is 6.08 Å². The van der Waals surface area contributed by atoms with Crippen molar-refractivity contribution in [3.05, 3.63) is 63.8 Å². The minimum Gasteiger partial charge on any atom is -0.454 e. The molecule has 25 heavy (non-hydrogen) atoms. The molecule has 5 nitrogen and oxygen atoms in total. The van der Waals surface area contributed by atoms with Gasteiger partial charge in [-0.1, -0.05) is 17.7 Å². The van der Waals surface area contributed by atoms with Crippen LogP contribution in [0.1, 0.15) is 11.1 Å². The van der Waals surface area contributed by atoms with Crippen molar-refractivity contribution in [2.75, 3.05) is 6.79 Å². The maximum absolute atomic E-state index is 13.4. The second kappa shape index (κ2) is 5.86. The number of hydrogen-bond acceptors (Lipinski definition) is 5. The van der Waals surface area contributed by atoms with E-state index >= 15 is 0 Å². The minimum absolute atomic E-state index is 0.00494. The standard InChI is InChI=1S/C17H8ClF2NO4/c18-10-6-12(20)11(19)5-9(10)16-21-13(17(22)25-16)3-8-1-2-14-15(4-8)24-7-23-14/h1-6H,7H2/b13-3-. The highest BCUT2D eigenvalue weighted by molar-refractivity contribution is 6.34. The fraction of sp³-hybridized carbons (Fsp3) is 0.0588. The van der Waals surface area contributed by atoms with E-state index in [0.29, 0.717) is 17.1 Å². The van der Waals surface area contributed by atoms with Crippen LogP contribution in [0, 0.1) is 11.6 Å². The van der Waals surface area contributed by atoms with Crippen LogP contribution in [0.2, 0.25) is 5.02 Å². The zero-order valence-corrected chi connectivity index (χ0v) is 13.1. The van der Waals surface area contributed by atoms with Crippen LogP contribution in [0.15, 0.2) is 41.0 Å². The summed E-state index contributed by atoms with van der Waals surface area (Å²) in [7, 11) is 0. The second-order valence-electron chi connectivity index (χ2n) is 5.19. The number of benzene rings is 2. The molecule has 0 fully saturated rings. The van der Waals surface area contributed by atoms with Gasteiger partial charge in [-0.2, -0.15) is 0 Å². The van der Waals surface area contributed by atoms with Crippen LogP contribution in [0.3, 0.4) is 0 Å². The van der Waals surface area contributed by atoms with Gasteiger partial charge in [0.1, 0.15) is 0 Å². The molecule has 2 aromatic carbocycles. The van der Waals surface area contributed by atoms with E-state index in [0.717, 1.165) is 12.1 Å². The van der Waals surface area contributed by atoms with Crippen LogP contribution in [0.5, 0.6) is 11.5 Å². The van der Waals surface area contributed by atoms with Crippen molar-refractivity contribution in [2.45, 2.75) is 0 Å². The van der Waals surface area contributed by atoms with E-state index in [1.807, 2.05) is 0 Å². The molecule has 0 saturated carbocycles. The van der Waals surface area contributed by atoms with Gasteiger partial charge in [-0.3, -0.25) is 0 Å². The molecule has 2 heterocycles. The van der Waals surface area contributed by atoms with Gasteiger partial charge < -0.3 is 14.2 Å². The minimum atomic E-state index is -1.12. The molecule has 2 aliphatic heterocycles. The second-order valence-corrected chi connectivity index (χ2v) is 5.60. The molecular weight excluding hydrogens is 356 g/mol. The fourth-order valence-electron chi connectivity index (χ4n) is 2.37. The smallest absolute Gasteiger partial charge is 0.363 e. The first-order valence-electron chi connectivity index (χ1n) is 7.08. The lowest BCUT2D eigenvalue weighted by molar-refractivity contribution is -0.129. The van der Waals surface area contributed by atoms with Gasteiger partial charge in [0.15, 0.2) is 28.8 Å². The van der Waals surface area contributed by atoms with Crippen LogP contribution in [-0.4, -0.2) is 18.7 Å². The Balaban J connectivity index is 1.70. The maximum atomic E-state index is 13.4. The van der Waals surface area contributed by atoms with E-state index in [1.54, 1.807) is 18.2 Å². The summed E-state index contributed by atoms with van der Waals surface area (Å²) in [5.41, 5.74) is 0.621. The van der Waals surface area contributed by atoms with E-state index in [2.05, 4.69) is 4.99 Å². The Bertz CT molecular complexity index is 971. The summed E-state index contributed by atoms with van der Waals surface area (Å²) >= 11 is 5.87. The SMILES string of the molecule is O=C1OC(c2cc(F)c(F)cc2Cl)=N/C1=C\c1ccc2c(c1)OCO2. The lowest BCUT2D eigenvalue weighted by Gasteiger charge is -2.03. The molecule has 2 aromatic rings. The summed E-state index contributed by atoms with van der Waals surface area (Å²) in [6.45, 7) is 0.133. The number of halogens is 3. The average molecular weight is 364 g/mol. The Kier molecular flexibility index (Phi) is 3.65. The summed E-state index contributed by atoms with van der Waals surface area (Å²) < 4.78 is 42.1. The highest BCUT2D eigenvalue weighted by Gasteiger charge is 2.27. The molecule has 0 amide bonds. The van der Waals surface area contributed by atoms with Crippen molar-refractivity contribution in [2.24, 2.45) is 4.99 Å². The molecule has 2 aliphatic rings. The molecule has 0 radical (unpaired) electrons. The molecule has 4 rings (SSSR count). The molecule has 0 bridgehead atoms. The molecule has 0 aromatic heterocycles. The summed E-state index contributed by atoms with van der Waals surface area (Å²) in [5, 5.41) is -0.116. The zero-order chi connectivity index (χ0) is 17.6. The topological polar surface area (TPSA) is 57.1 Å². The Morgan fingerprint density at radius 3 is 2.68 bits per heavy atom. The lowest BCUT2D eigenvalue weighted by atomic mass is 10.1. The van der Waals surface area contributed by atoms with E-state index in [-0.39, 0.29) is 29.0 Å². The molecular formula is C17H8ClF2NO4. The molecule has 0 atom stereocenters. The highest BCUT2D eigenvalue weighted by atomic mass is 35.5. The van der Waals surface area contributed by atoms with Gasteiger partial charge in [-0.05, 0) is 35.9 Å². The van der Waals surface area contributed by atoms with Gasteiger partial charge in [-0.25, -0.2) is 18.6 Å². The van der Waals surface area contributed by atoms with Crippen molar-refractivity contribution < 1.29 is 27.8 Å². The van der Waals surface area contributed by atoms with Crippen molar-refractivity contribution >= 4 is 29.5 Å². The van der Waals surface area contributed by atoms with Gasteiger partial charge in [0.05, 0.1) is 10.6 Å². The largest absolute Gasteiger partial charge is 0.454 e. The van der Waals surface area contributed by atoms with Gasteiger partial charge in [0, 0.05) is 0 Å². The predicted molar refractivity (Wildman–Crippen MR) is 84.5 cm³/mol. The van der Waals surface area contributed by atoms with Gasteiger partial charge in [0.2, 0.25) is 12.7 Å². The van der Waals surface area contributed by atoms with Crippen molar-refractivity contribution in [1.29, 1.82) is 0 Å². The third kappa shape index (κ3) is 2.83. The van der Waals surface area contributed by atoms with Crippen LogP contribution in [-0.2, 0) is 9.53 Å². The number of nitrogens with zero attached hydrogens (tertiary/aromatic N) is 1.